The van der Waals surface area contributed by atoms with Crippen molar-refractivity contribution in [2.45, 2.75) is 52.4 Å². The minimum Gasteiger partial charge on any atom is -0.308 e. The molecule has 6 heteroatoms. The Morgan fingerprint density at radius 3 is 1.68 bits per heavy atom. The lowest BCUT2D eigenvalue weighted by atomic mass is 10.3. The molecular weight excluding hydrogens is 371 g/mol. The molecule has 0 aliphatic carbocycles. The van der Waals surface area contributed by atoms with E-state index in [1.807, 2.05) is 19.0 Å². The second-order valence-electron chi connectivity index (χ2n) is 6.63. The molecule has 0 fully saturated rings. The maximum Gasteiger partial charge on any atom is 0.405 e. The molecule has 28 heavy (non-hydrogen) atoms. The van der Waals surface area contributed by atoms with Crippen molar-refractivity contribution < 1.29 is 13.6 Å². The average molecular weight is 413 g/mol. The van der Waals surface area contributed by atoms with Crippen molar-refractivity contribution in [3.8, 4) is 0 Å². The van der Waals surface area contributed by atoms with Gasteiger partial charge >= 0.3 is 7.75 Å². The summed E-state index contributed by atoms with van der Waals surface area (Å²) in [6, 6.07) is 0. The highest BCUT2D eigenvalue weighted by Gasteiger charge is 2.23. The van der Waals surface area contributed by atoms with Gasteiger partial charge in [-0.15, -0.1) is 0 Å². The third-order valence-corrected chi connectivity index (χ3v) is 5.29. The minimum atomic E-state index is -3.28. The maximum atomic E-state index is 12.9. The molecule has 0 aromatic heterocycles. The molecule has 0 rings (SSSR count). The van der Waals surface area contributed by atoms with Crippen LogP contribution in [0.5, 0.6) is 0 Å². The molecule has 5 nitrogen and oxygen atoms in total. The molecule has 0 saturated heterocycles. The van der Waals surface area contributed by atoms with Crippen molar-refractivity contribution >= 4 is 7.75 Å². The topological polar surface area (TPSA) is 50.8 Å². The highest BCUT2D eigenvalue weighted by Crippen LogP contribution is 2.43. The first-order valence-electron chi connectivity index (χ1n) is 10.4. The van der Waals surface area contributed by atoms with E-state index in [-0.39, 0.29) is 0 Å². The van der Waals surface area contributed by atoms with Gasteiger partial charge in [-0.1, -0.05) is 62.5 Å². The summed E-state index contributed by atoms with van der Waals surface area (Å²) in [6.45, 7) is 6.31. The minimum absolute atomic E-state index is 0.373. The molecule has 0 aliphatic heterocycles. The highest BCUT2D eigenvalue weighted by molar-refractivity contribution is 7.51. The molecular formula is C22H41N2O3P. The Balaban J connectivity index is 4.29. The fraction of sp³-hybridized carbons (Fsp3) is 0.636. The quantitative estimate of drug-likeness (QED) is 0.173. The van der Waals surface area contributed by atoms with Gasteiger partial charge in [-0.05, 0) is 52.6 Å². The van der Waals surface area contributed by atoms with Gasteiger partial charge in [0.25, 0.3) is 0 Å². The molecule has 0 atom stereocenters. The summed E-state index contributed by atoms with van der Waals surface area (Å²) >= 11 is 0. The van der Waals surface area contributed by atoms with Crippen molar-refractivity contribution in [1.29, 1.82) is 0 Å². The number of hydrogen-bond donors (Lipinski definition) is 1. The Kier molecular flexibility index (Phi) is 18.7. The van der Waals surface area contributed by atoms with Crippen LogP contribution in [-0.4, -0.2) is 45.3 Å². The SMILES string of the molecule is CCC=CCC=CCCOP(=O)(NCCN(C)C)OCCC=CCC=CCC. The zero-order valence-electron chi connectivity index (χ0n) is 18.3. The summed E-state index contributed by atoms with van der Waals surface area (Å²) in [5, 5.41) is 2.96. The van der Waals surface area contributed by atoms with Crippen molar-refractivity contribution in [3.05, 3.63) is 48.6 Å². The van der Waals surface area contributed by atoms with Gasteiger partial charge in [-0.3, -0.25) is 9.05 Å². The smallest absolute Gasteiger partial charge is 0.308 e. The number of nitrogens with zero attached hydrogens (tertiary/aromatic N) is 1. The lowest BCUT2D eigenvalue weighted by Gasteiger charge is -2.20. The van der Waals surface area contributed by atoms with Crippen LogP contribution in [0.1, 0.15) is 52.4 Å². The molecule has 0 unspecified atom stereocenters. The lowest BCUT2D eigenvalue weighted by Crippen LogP contribution is -2.26. The maximum absolute atomic E-state index is 12.9. The van der Waals surface area contributed by atoms with Gasteiger partial charge < -0.3 is 4.90 Å². The fourth-order valence-corrected chi connectivity index (χ4v) is 3.45. The van der Waals surface area contributed by atoms with E-state index in [0.717, 1.165) is 32.2 Å². The molecule has 162 valence electrons. The molecule has 1 N–H and O–H groups in total. The lowest BCUT2D eigenvalue weighted by molar-refractivity contribution is 0.199. The van der Waals surface area contributed by atoms with Crippen LogP contribution < -0.4 is 5.09 Å². The van der Waals surface area contributed by atoms with Crippen LogP contribution in [-0.2, 0) is 13.6 Å². The monoisotopic (exact) mass is 412 g/mol. The molecule has 0 radical (unpaired) electrons. The third-order valence-electron chi connectivity index (χ3n) is 3.64. The first kappa shape index (κ1) is 27.0. The van der Waals surface area contributed by atoms with Crippen molar-refractivity contribution in [2.24, 2.45) is 0 Å². The molecule has 0 aromatic rings. The summed E-state index contributed by atoms with van der Waals surface area (Å²) < 4.78 is 24.1. The third kappa shape index (κ3) is 18.4. The Bertz CT molecular complexity index is 478. The van der Waals surface area contributed by atoms with Crippen LogP contribution >= 0.6 is 7.75 Å². The number of hydrogen-bond acceptors (Lipinski definition) is 4. The Morgan fingerprint density at radius 1 is 0.786 bits per heavy atom. The van der Waals surface area contributed by atoms with Gasteiger partial charge in [-0.25, -0.2) is 9.65 Å². The van der Waals surface area contributed by atoms with E-state index in [1.165, 1.54) is 0 Å². The predicted molar refractivity (Wildman–Crippen MR) is 122 cm³/mol. The second-order valence-corrected chi connectivity index (χ2v) is 8.45. The first-order valence-corrected chi connectivity index (χ1v) is 12.0. The standard InChI is InChI=1S/C22H41N2O3P/c1-5-7-9-11-13-15-17-21-26-28(25,23-19-20-24(3)4)27-22-18-16-14-12-10-8-6-2/h7-10,13-16H,5-6,11-12,17-22H2,1-4H3,(H,23,25). The fourth-order valence-electron chi connectivity index (χ4n) is 2.13. The number of likely N-dealkylation sites (N-methyl/N-ethyl adjacent to an activating group) is 1. The van der Waals surface area contributed by atoms with Crippen LogP contribution in [0.25, 0.3) is 0 Å². The molecule has 0 aliphatic rings. The van der Waals surface area contributed by atoms with E-state index in [1.54, 1.807) is 0 Å². The molecule has 0 bridgehead atoms. The Labute approximate surface area is 173 Å². The van der Waals surface area contributed by atoms with Crippen LogP contribution in [0.4, 0.5) is 0 Å². The van der Waals surface area contributed by atoms with E-state index in [4.69, 9.17) is 9.05 Å². The van der Waals surface area contributed by atoms with Crippen LogP contribution in [0.2, 0.25) is 0 Å². The number of rotatable bonds is 18. The Morgan fingerprint density at radius 2 is 1.25 bits per heavy atom. The van der Waals surface area contributed by atoms with Gasteiger partial charge in [0.2, 0.25) is 0 Å². The van der Waals surface area contributed by atoms with E-state index in [2.05, 4.69) is 67.5 Å². The molecule has 0 spiro atoms. The Hall–Kier alpha value is -0.970. The largest absolute Gasteiger partial charge is 0.405 e. The van der Waals surface area contributed by atoms with E-state index < -0.39 is 7.75 Å². The first-order chi connectivity index (χ1) is 13.5. The summed E-state index contributed by atoms with van der Waals surface area (Å²) in [7, 11) is 0.672. The summed E-state index contributed by atoms with van der Waals surface area (Å²) in [4.78, 5) is 2.02. The zero-order chi connectivity index (χ0) is 20.9. The van der Waals surface area contributed by atoms with Crippen LogP contribution in [0.3, 0.4) is 0 Å². The van der Waals surface area contributed by atoms with Crippen molar-refractivity contribution in [1.82, 2.24) is 9.99 Å². The van der Waals surface area contributed by atoms with Gasteiger partial charge in [0.1, 0.15) is 0 Å². The molecule has 0 aromatic carbocycles. The van der Waals surface area contributed by atoms with Gasteiger partial charge in [-0.2, -0.15) is 0 Å². The average Bonchev–Trinajstić information content (AvgIpc) is 2.66. The number of nitrogens with one attached hydrogen (secondary N) is 1. The van der Waals surface area contributed by atoms with E-state index >= 15 is 0 Å². The van der Waals surface area contributed by atoms with E-state index in [0.29, 0.717) is 32.6 Å². The van der Waals surface area contributed by atoms with Crippen LogP contribution in [0, 0.1) is 0 Å². The summed E-state index contributed by atoms with van der Waals surface area (Å²) in [6.07, 6.45) is 22.2. The molecule has 0 saturated carbocycles. The van der Waals surface area contributed by atoms with Crippen LogP contribution in [0.15, 0.2) is 48.6 Å². The summed E-state index contributed by atoms with van der Waals surface area (Å²) in [5.74, 6) is 0. The van der Waals surface area contributed by atoms with Gasteiger partial charge in [0, 0.05) is 13.1 Å². The normalized spacial score (nSPS) is 15.0. The van der Waals surface area contributed by atoms with E-state index in [9.17, 15) is 4.57 Å². The van der Waals surface area contributed by atoms with Crippen molar-refractivity contribution in [2.75, 3.05) is 40.4 Å². The predicted octanol–water partition coefficient (Wildman–Crippen LogP) is 5.88. The molecule has 0 heterocycles. The summed E-state index contributed by atoms with van der Waals surface area (Å²) in [5.41, 5.74) is 0. The second kappa shape index (κ2) is 19.4. The zero-order valence-corrected chi connectivity index (χ0v) is 19.2. The van der Waals surface area contributed by atoms with Crippen molar-refractivity contribution in [3.63, 3.8) is 0 Å². The van der Waals surface area contributed by atoms with Gasteiger partial charge in [0.15, 0.2) is 0 Å². The number of allylic oxidation sites excluding steroid dienone is 6. The highest BCUT2D eigenvalue weighted by atomic mass is 31.2. The molecule has 0 amide bonds. The van der Waals surface area contributed by atoms with Gasteiger partial charge in [0.05, 0.1) is 13.2 Å².